The smallest absolute Gasteiger partial charge is 0.0870 e. The molecule has 0 unspecified atom stereocenters. The molecule has 1 aliphatic rings. The number of hydrogen-bond acceptors (Lipinski definition) is 2. The third-order valence-corrected chi connectivity index (χ3v) is 3.81. The number of pyridine rings is 1. The van der Waals surface area contributed by atoms with Gasteiger partial charge < -0.3 is 5.73 Å². The van der Waals surface area contributed by atoms with Crippen LogP contribution in [0.3, 0.4) is 0 Å². The normalized spacial score (nSPS) is 15.6. The van der Waals surface area contributed by atoms with Gasteiger partial charge in [0.15, 0.2) is 0 Å². The fourth-order valence-electron chi connectivity index (χ4n) is 2.12. The molecule has 2 nitrogen and oxygen atoms in total. The molecule has 1 fully saturated rings. The molecule has 16 heavy (non-hydrogen) atoms. The molecule has 0 saturated heterocycles. The van der Waals surface area contributed by atoms with Crippen molar-refractivity contribution < 1.29 is 0 Å². The molecule has 1 aromatic carbocycles. The summed E-state index contributed by atoms with van der Waals surface area (Å²) in [5, 5.41) is 1.08. The van der Waals surface area contributed by atoms with E-state index in [4.69, 9.17) is 10.7 Å². The summed E-state index contributed by atoms with van der Waals surface area (Å²) in [5.74, 6) is 0.638. The van der Waals surface area contributed by atoms with Gasteiger partial charge in [0.05, 0.1) is 5.52 Å². The molecule has 1 saturated carbocycles. The van der Waals surface area contributed by atoms with E-state index in [-0.39, 0.29) is 0 Å². The van der Waals surface area contributed by atoms with Crippen LogP contribution in [0.1, 0.15) is 30.0 Å². The van der Waals surface area contributed by atoms with Gasteiger partial charge in [0.2, 0.25) is 0 Å². The van der Waals surface area contributed by atoms with Crippen LogP contribution in [0.2, 0.25) is 0 Å². The van der Waals surface area contributed by atoms with Gasteiger partial charge in [-0.25, -0.2) is 0 Å². The second-order valence-corrected chi connectivity index (χ2v) is 5.35. The number of halogens is 1. The van der Waals surface area contributed by atoms with Crippen molar-refractivity contribution in [3.8, 4) is 0 Å². The molecule has 3 heteroatoms. The van der Waals surface area contributed by atoms with E-state index in [0.29, 0.717) is 5.92 Å². The van der Waals surface area contributed by atoms with Gasteiger partial charge in [-0.15, -0.1) is 0 Å². The summed E-state index contributed by atoms with van der Waals surface area (Å²) in [5.41, 5.74) is 10.3. The molecule has 3 rings (SSSR count). The summed E-state index contributed by atoms with van der Waals surface area (Å²) in [4.78, 5) is 4.73. The maximum absolute atomic E-state index is 6.13. The van der Waals surface area contributed by atoms with Crippen LogP contribution < -0.4 is 5.73 Å². The summed E-state index contributed by atoms with van der Waals surface area (Å²) in [6.45, 7) is 2.07. The molecule has 0 amide bonds. The van der Waals surface area contributed by atoms with E-state index in [9.17, 15) is 0 Å². The van der Waals surface area contributed by atoms with E-state index in [1.807, 2.05) is 12.1 Å². The second-order valence-electron chi connectivity index (χ2n) is 4.50. The number of anilines is 1. The standard InChI is InChI=1S/C13H13BrN2/c1-7-2-5-9(14)13-12(7)10(15)6-11(16-13)8-3-4-8/h2,5-6,8H,3-4H2,1H3,(H2,15,16). The Bertz CT molecular complexity index is 574. The van der Waals surface area contributed by atoms with E-state index in [0.717, 1.165) is 26.8 Å². The molecule has 2 aromatic rings. The van der Waals surface area contributed by atoms with Gasteiger partial charge >= 0.3 is 0 Å². The number of nitrogens with two attached hydrogens (primary N) is 1. The third kappa shape index (κ3) is 1.50. The fraction of sp³-hybridized carbons (Fsp3) is 0.308. The molecule has 1 heterocycles. The molecule has 2 N–H and O–H groups in total. The summed E-state index contributed by atoms with van der Waals surface area (Å²) in [6, 6.07) is 6.15. The lowest BCUT2D eigenvalue weighted by Gasteiger charge is -2.09. The zero-order valence-corrected chi connectivity index (χ0v) is 10.7. The summed E-state index contributed by atoms with van der Waals surface area (Å²) >= 11 is 3.55. The Morgan fingerprint density at radius 3 is 2.81 bits per heavy atom. The molecule has 0 radical (unpaired) electrons. The van der Waals surface area contributed by atoms with E-state index in [1.54, 1.807) is 0 Å². The molecule has 0 spiro atoms. The Hall–Kier alpha value is -1.09. The van der Waals surface area contributed by atoms with Crippen LogP contribution >= 0.6 is 15.9 Å². The SMILES string of the molecule is Cc1ccc(Br)c2nc(C3CC3)cc(N)c12. The van der Waals surface area contributed by atoms with Crippen molar-refractivity contribution >= 4 is 32.5 Å². The number of aromatic nitrogens is 1. The van der Waals surface area contributed by atoms with Crippen LogP contribution in [0.25, 0.3) is 10.9 Å². The van der Waals surface area contributed by atoms with Crippen molar-refractivity contribution in [3.05, 3.63) is 33.9 Å². The lowest BCUT2D eigenvalue weighted by atomic mass is 10.1. The molecular weight excluding hydrogens is 264 g/mol. The van der Waals surface area contributed by atoms with Crippen LogP contribution in [0.5, 0.6) is 0 Å². The zero-order valence-electron chi connectivity index (χ0n) is 9.13. The highest BCUT2D eigenvalue weighted by Gasteiger charge is 2.26. The van der Waals surface area contributed by atoms with Gasteiger partial charge in [0, 0.05) is 27.2 Å². The van der Waals surface area contributed by atoms with Gasteiger partial charge in [-0.2, -0.15) is 0 Å². The lowest BCUT2D eigenvalue weighted by molar-refractivity contribution is 1.04. The van der Waals surface area contributed by atoms with E-state index >= 15 is 0 Å². The van der Waals surface area contributed by atoms with Crippen LogP contribution in [0, 0.1) is 6.92 Å². The van der Waals surface area contributed by atoms with Crippen molar-refractivity contribution in [3.63, 3.8) is 0 Å². The quantitative estimate of drug-likeness (QED) is 0.861. The molecule has 0 atom stereocenters. The van der Waals surface area contributed by atoms with E-state index < -0.39 is 0 Å². The van der Waals surface area contributed by atoms with Gasteiger partial charge in [0.1, 0.15) is 0 Å². The Balaban J connectivity index is 2.36. The monoisotopic (exact) mass is 276 g/mol. The number of rotatable bonds is 1. The Morgan fingerprint density at radius 1 is 1.38 bits per heavy atom. The minimum Gasteiger partial charge on any atom is -0.398 e. The molecule has 1 aromatic heterocycles. The zero-order chi connectivity index (χ0) is 11.3. The maximum atomic E-state index is 6.13. The predicted octanol–water partition coefficient (Wildman–Crippen LogP) is 3.77. The van der Waals surface area contributed by atoms with Gasteiger partial charge in [-0.05, 0) is 53.4 Å². The van der Waals surface area contributed by atoms with Gasteiger partial charge in [0.25, 0.3) is 0 Å². The number of hydrogen-bond donors (Lipinski definition) is 1. The highest BCUT2D eigenvalue weighted by Crippen LogP contribution is 2.41. The number of aryl methyl sites for hydroxylation is 1. The van der Waals surface area contributed by atoms with Crippen molar-refractivity contribution in [2.45, 2.75) is 25.7 Å². The molecule has 0 bridgehead atoms. The average molecular weight is 277 g/mol. The highest BCUT2D eigenvalue weighted by atomic mass is 79.9. The maximum Gasteiger partial charge on any atom is 0.0870 e. The first kappa shape index (κ1) is 10.1. The Labute approximate surface area is 103 Å². The fourth-order valence-corrected chi connectivity index (χ4v) is 2.54. The predicted molar refractivity (Wildman–Crippen MR) is 70.6 cm³/mol. The van der Waals surface area contributed by atoms with Crippen LogP contribution in [-0.2, 0) is 0 Å². The first-order valence-electron chi connectivity index (χ1n) is 5.52. The third-order valence-electron chi connectivity index (χ3n) is 3.17. The van der Waals surface area contributed by atoms with Crippen molar-refractivity contribution in [1.29, 1.82) is 0 Å². The Kier molecular flexibility index (Phi) is 2.18. The van der Waals surface area contributed by atoms with Crippen molar-refractivity contribution in [2.24, 2.45) is 0 Å². The van der Waals surface area contributed by atoms with E-state index in [2.05, 4.69) is 28.9 Å². The largest absolute Gasteiger partial charge is 0.398 e. The number of fused-ring (bicyclic) bond motifs is 1. The average Bonchev–Trinajstić information content (AvgIpc) is 3.06. The molecular formula is C13H13BrN2. The number of nitrogens with zero attached hydrogens (tertiary/aromatic N) is 1. The van der Waals surface area contributed by atoms with E-state index in [1.165, 1.54) is 18.4 Å². The minimum atomic E-state index is 0.638. The van der Waals surface area contributed by atoms with Crippen molar-refractivity contribution in [1.82, 2.24) is 4.98 Å². The van der Waals surface area contributed by atoms with Crippen LogP contribution in [0.15, 0.2) is 22.7 Å². The summed E-state index contributed by atoms with van der Waals surface area (Å²) in [6.07, 6.45) is 2.50. The molecule has 0 aliphatic heterocycles. The first-order chi connectivity index (χ1) is 7.66. The summed E-state index contributed by atoms with van der Waals surface area (Å²) in [7, 11) is 0. The molecule has 82 valence electrons. The Morgan fingerprint density at radius 2 is 2.12 bits per heavy atom. The van der Waals surface area contributed by atoms with Gasteiger partial charge in [-0.3, -0.25) is 4.98 Å². The van der Waals surface area contributed by atoms with Crippen LogP contribution in [0.4, 0.5) is 5.69 Å². The lowest BCUT2D eigenvalue weighted by Crippen LogP contribution is -1.96. The number of benzene rings is 1. The first-order valence-corrected chi connectivity index (χ1v) is 6.31. The van der Waals surface area contributed by atoms with Crippen molar-refractivity contribution in [2.75, 3.05) is 5.73 Å². The minimum absolute atomic E-state index is 0.638. The summed E-state index contributed by atoms with van der Waals surface area (Å²) < 4.78 is 1.03. The highest BCUT2D eigenvalue weighted by molar-refractivity contribution is 9.10. The van der Waals surface area contributed by atoms with Crippen LogP contribution in [-0.4, -0.2) is 4.98 Å². The number of nitrogen functional groups attached to an aromatic ring is 1. The second kappa shape index (κ2) is 3.45. The van der Waals surface area contributed by atoms with Gasteiger partial charge in [-0.1, -0.05) is 6.07 Å². The molecule has 1 aliphatic carbocycles. The topological polar surface area (TPSA) is 38.9 Å².